The Morgan fingerprint density at radius 1 is 1.36 bits per heavy atom. The summed E-state index contributed by atoms with van der Waals surface area (Å²) < 4.78 is 25.0. The highest BCUT2D eigenvalue weighted by Gasteiger charge is 2.47. The molecule has 1 atom stereocenters. The van der Waals surface area contributed by atoms with Gasteiger partial charge in [-0.15, -0.1) is 0 Å². The van der Waals surface area contributed by atoms with Gasteiger partial charge < -0.3 is 10.2 Å². The van der Waals surface area contributed by atoms with E-state index in [1.807, 2.05) is 0 Å². The smallest absolute Gasteiger partial charge is 0.282 e. The third kappa shape index (κ3) is 1.87. The van der Waals surface area contributed by atoms with Crippen LogP contribution in [-0.2, 0) is 4.79 Å². The van der Waals surface area contributed by atoms with Gasteiger partial charge in [0.15, 0.2) is 0 Å². The van der Waals surface area contributed by atoms with Crippen molar-refractivity contribution in [2.75, 3.05) is 19.6 Å². The van der Waals surface area contributed by atoms with Crippen LogP contribution in [0.1, 0.15) is 19.3 Å². The number of likely N-dealkylation sites (tertiary alicyclic amines) is 1. The molecule has 0 radical (unpaired) electrons. The summed E-state index contributed by atoms with van der Waals surface area (Å²) in [5, 5.41) is 3.06. The van der Waals surface area contributed by atoms with Crippen LogP contribution >= 0.6 is 0 Å². The lowest BCUT2D eigenvalue weighted by Crippen LogP contribution is -2.62. The minimum atomic E-state index is -2.65. The number of halogens is 2. The second kappa shape index (κ2) is 3.46. The van der Waals surface area contributed by atoms with E-state index in [1.165, 1.54) is 4.90 Å². The number of carbonyl (C=O) groups excluding carboxylic acids is 1. The Labute approximate surface area is 81.4 Å². The van der Waals surface area contributed by atoms with Crippen molar-refractivity contribution in [2.24, 2.45) is 0 Å². The molecule has 2 aliphatic heterocycles. The first kappa shape index (κ1) is 9.83. The van der Waals surface area contributed by atoms with Crippen LogP contribution in [0, 0.1) is 0 Å². The number of hydrogen-bond acceptors (Lipinski definition) is 2. The predicted octanol–water partition coefficient (Wildman–Crippen LogP) is 0.606. The second-order valence-electron chi connectivity index (χ2n) is 4.05. The third-order valence-electron chi connectivity index (χ3n) is 2.76. The van der Waals surface area contributed by atoms with Crippen LogP contribution in [0.4, 0.5) is 8.78 Å². The molecule has 2 saturated heterocycles. The van der Waals surface area contributed by atoms with E-state index >= 15 is 0 Å². The fraction of sp³-hybridized carbons (Fsp3) is 0.889. The molecule has 1 N–H and O–H groups in total. The number of rotatable bonds is 1. The Kier molecular flexibility index (Phi) is 2.43. The monoisotopic (exact) mass is 204 g/mol. The van der Waals surface area contributed by atoms with E-state index in [4.69, 9.17) is 0 Å². The molecule has 0 aromatic heterocycles. The topological polar surface area (TPSA) is 32.3 Å². The molecule has 2 aliphatic rings. The summed E-state index contributed by atoms with van der Waals surface area (Å²) in [6.07, 6.45) is 2.86. The summed E-state index contributed by atoms with van der Waals surface area (Å²) in [5.74, 6) is -2.81. The summed E-state index contributed by atoms with van der Waals surface area (Å²) in [5.41, 5.74) is 0. The third-order valence-corrected chi connectivity index (χ3v) is 2.76. The lowest BCUT2D eigenvalue weighted by Gasteiger charge is -2.41. The molecule has 0 unspecified atom stereocenters. The maximum atomic E-state index is 12.5. The molecular weight excluding hydrogens is 190 g/mol. The van der Waals surface area contributed by atoms with E-state index < -0.39 is 19.0 Å². The highest BCUT2D eigenvalue weighted by molar-refractivity contribution is 5.83. The lowest BCUT2D eigenvalue weighted by molar-refractivity contribution is -0.168. The van der Waals surface area contributed by atoms with Crippen LogP contribution in [0.5, 0.6) is 0 Å². The quantitative estimate of drug-likeness (QED) is 0.678. The average molecular weight is 204 g/mol. The maximum absolute atomic E-state index is 12.5. The molecule has 3 nitrogen and oxygen atoms in total. The fourth-order valence-corrected chi connectivity index (χ4v) is 1.95. The predicted molar refractivity (Wildman–Crippen MR) is 47.2 cm³/mol. The zero-order valence-corrected chi connectivity index (χ0v) is 7.93. The van der Waals surface area contributed by atoms with Gasteiger partial charge in [0.05, 0.1) is 19.1 Å². The molecule has 14 heavy (non-hydrogen) atoms. The van der Waals surface area contributed by atoms with Gasteiger partial charge in [0, 0.05) is 0 Å². The summed E-state index contributed by atoms with van der Waals surface area (Å²) in [4.78, 5) is 12.8. The lowest BCUT2D eigenvalue weighted by atomic mass is 10.0. The van der Waals surface area contributed by atoms with Gasteiger partial charge >= 0.3 is 0 Å². The normalized spacial score (nSPS) is 31.0. The van der Waals surface area contributed by atoms with Crippen molar-refractivity contribution in [2.45, 2.75) is 31.2 Å². The second-order valence-corrected chi connectivity index (χ2v) is 4.05. The van der Waals surface area contributed by atoms with Gasteiger partial charge in [0.1, 0.15) is 0 Å². The average Bonchev–Trinajstić information content (AvgIpc) is 2.14. The van der Waals surface area contributed by atoms with Gasteiger partial charge in [-0.2, -0.15) is 0 Å². The minimum absolute atomic E-state index is 0.157. The standard InChI is InChI=1S/C9H14F2N2O/c10-9(11)5-13(6-9)8(14)7-3-1-2-4-12-7/h7,12H,1-6H2/t7-/m1/s1. The Hall–Kier alpha value is -0.710. The number of nitrogens with zero attached hydrogens (tertiary/aromatic N) is 1. The largest absolute Gasteiger partial charge is 0.329 e. The number of alkyl halides is 2. The van der Waals surface area contributed by atoms with Gasteiger partial charge in [-0.3, -0.25) is 4.79 Å². The van der Waals surface area contributed by atoms with Crippen LogP contribution in [0.25, 0.3) is 0 Å². The zero-order chi connectivity index (χ0) is 10.2. The van der Waals surface area contributed by atoms with Crippen LogP contribution in [-0.4, -0.2) is 42.4 Å². The van der Waals surface area contributed by atoms with Crippen molar-refractivity contribution < 1.29 is 13.6 Å². The summed E-state index contributed by atoms with van der Waals surface area (Å²) in [6.45, 7) is 0.0225. The molecule has 2 heterocycles. The molecule has 0 aromatic carbocycles. The highest BCUT2D eigenvalue weighted by atomic mass is 19.3. The Bertz CT molecular complexity index is 231. The van der Waals surface area contributed by atoms with E-state index in [0.29, 0.717) is 0 Å². The molecule has 80 valence electrons. The minimum Gasteiger partial charge on any atom is -0.329 e. The summed E-state index contributed by atoms with van der Waals surface area (Å²) in [7, 11) is 0. The van der Waals surface area contributed by atoms with E-state index in [-0.39, 0.29) is 11.9 Å². The number of amides is 1. The van der Waals surface area contributed by atoms with Crippen molar-refractivity contribution >= 4 is 5.91 Å². The summed E-state index contributed by atoms with van der Waals surface area (Å²) >= 11 is 0. The molecule has 1 amide bonds. The first-order valence-electron chi connectivity index (χ1n) is 4.98. The van der Waals surface area contributed by atoms with Crippen LogP contribution < -0.4 is 5.32 Å². The molecule has 5 heteroatoms. The van der Waals surface area contributed by atoms with Crippen LogP contribution in [0.3, 0.4) is 0 Å². The van der Waals surface area contributed by atoms with E-state index in [0.717, 1.165) is 25.8 Å². The SMILES string of the molecule is O=C([C@H]1CCCCN1)N1CC(F)(F)C1. The van der Waals surface area contributed by atoms with E-state index in [9.17, 15) is 13.6 Å². The number of nitrogens with one attached hydrogen (secondary N) is 1. The van der Waals surface area contributed by atoms with E-state index in [1.54, 1.807) is 0 Å². The summed E-state index contributed by atoms with van der Waals surface area (Å²) in [6, 6.07) is -0.222. The van der Waals surface area contributed by atoms with Crippen molar-refractivity contribution in [1.82, 2.24) is 10.2 Å². The Morgan fingerprint density at radius 2 is 2.07 bits per heavy atom. The van der Waals surface area contributed by atoms with E-state index in [2.05, 4.69) is 5.32 Å². The van der Waals surface area contributed by atoms with Gasteiger partial charge in [-0.1, -0.05) is 6.42 Å². The number of piperidine rings is 1. The van der Waals surface area contributed by atoms with Gasteiger partial charge in [0.2, 0.25) is 5.91 Å². The first-order valence-corrected chi connectivity index (χ1v) is 4.98. The number of hydrogen-bond donors (Lipinski definition) is 1. The maximum Gasteiger partial charge on any atom is 0.282 e. The molecule has 0 saturated carbocycles. The molecule has 2 fully saturated rings. The molecule has 2 rings (SSSR count). The van der Waals surface area contributed by atoms with Gasteiger partial charge in [-0.25, -0.2) is 8.78 Å². The molecule has 0 bridgehead atoms. The highest BCUT2D eigenvalue weighted by Crippen LogP contribution is 2.27. The van der Waals surface area contributed by atoms with Crippen molar-refractivity contribution in [3.05, 3.63) is 0 Å². The van der Waals surface area contributed by atoms with Crippen molar-refractivity contribution in [1.29, 1.82) is 0 Å². The van der Waals surface area contributed by atoms with Crippen LogP contribution in [0.15, 0.2) is 0 Å². The van der Waals surface area contributed by atoms with Gasteiger partial charge in [0.25, 0.3) is 5.92 Å². The zero-order valence-electron chi connectivity index (χ0n) is 7.93. The van der Waals surface area contributed by atoms with Crippen LogP contribution in [0.2, 0.25) is 0 Å². The molecule has 0 aliphatic carbocycles. The van der Waals surface area contributed by atoms with Crippen molar-refractivity contribution in [3.8, 4) is 0 Å². The van der Waals surface area contributed by atoms with Gasteiger partial charge in [-0.05, 0) is 19.4 Å². The Balaban J connectivity index is 1.84. The fourth-order valence-electron chi connectivity index (χ4n) is 1.95. The number of carbonyl (C=O) groups is 1. The van der Waals surface area contributed by atoms with Crippen molar-refractivity contribution in [3.63, 3.8) is 0 Å². The molecule has 0 spiro atoms. The first-order chi connectivity index (χ1) is 6.58. The molecule has 0 aromatic rings. The molecular formula is C9H14F2N2O. The Morgan fingerprint density at radius 3 is 2.57 bits per heavy atom.